The summed E-state index contributed by atoms with van der Waals surface area (Å²) in [6.07, 6.45) is 0. The van der Waals surface area contributed by atoms with Crippen LogP contribution in [0.4, 0.5) is 0 Å². The second kappa shape index (κ2) is 6.80. The van der Waals surface area contributed by atoms with Gasteiger partial charge < -0.3 is 0 Å². The Morgan fingerprint density at radius 3 is 1.83 bits per heavy atom. The van der Waals surface area contributed by atoms with Crippen LogP contribution in [0, 0.1) is 0 Å². The molecule has 0 spiro atoms. The first-order valence-electron chi connectivity index (χ1n) is 8.17. The molecule has 2 rings (SSSR count). The summed E-state index contributed by atoms with van der Waals surface area (Å²) in [5.41, 5.74) is 6.32. The van der Waals surface area contributed by atoms with E-state index >= 15 is 0 Å². The zero-order chi connectivity index (χ0) is 17.3. The minimum atomic E-state index is -1.43. The van der Waals surface area contributed by atoms with Gasteiger partial charge in [-0.2, -0.15) is 0 Å². The van der Waals surface area contributed by atoms with Crippen LogP contribution in [-0.2, 0) is 0 Å². The van der Waals surface area contributed by atoms with E-state index in [1.54, 1.807) is 0 Å². The molecule has 0 unspecified atom stereocenters. The van der Waals surface area contributed by atoms with E-state index in [0.29, 0.717) is 0 Å². The molecule has 0 aromatic heterocycles. The molecule has 0 N–H and O–H groups in total. The molecule has 2 aromatic carbocycles. The van der Waals surface area contributed by atoms with E-state index in [1.807, 2.05) is 12.1 Å². The van der Waals surface area contributed by atoms with Gasteiger partial charge in [0, 0.05) is 10.6 Å². The summed E-state index contributed by atoms with van der Waals surface area (Å²) in [6, 6.07) is 17.1. The predicted molar refractivity (Wildman–Crippen MR) is 111 cm³/mol. The third-order valence-electron chi connectivity index (χ3n) is 3.77. The van der Waals surface area contributed by atoms with Crippen LogP contribution in [0.2, 0.25) is 44.3 Å². The normalized spacial score (nSPS) is 13.3. The SMILES string of the molecule is C[Si](C)(C)/C=C(\c1ccccc1Cl)c1ccccc1[Si](C)(C)C. The van der Waals surface area contributed by atoms with Crippen LogP contribution < -0.4 is 5.19 Å². The summed E-state index contributed by atoms with van der Waals surface area (Å²) >= 11 is 6.55. The lowest BCUT2D eigenvalue weighted by Crippen LogP contribution is -2.40. The summed E-state index contributed by atoms with van der Waals surface area (Å²) in [5.74, 6) is 0. The predicted octanol–water partition coefficient (Wildman–Crippen LogP) is 6.19. The van der Waals surface area contributed by atoms with Crippen LogP contribution in [0.3, 0.4) is 0 Å². The van der Waals surface area contributed by atoms with Crippen LogP contribution in [0.5, 0.6) is 0 Å². The quantitative estimate of drug-likeness (QED) is 0.571. The van der Waals surface area contributed by atoms with Crippen molar-refractivity contribution >= 4 is 38.5 Å². The molecule has 23 heavy (non-hydrogen) atoms. The van der Waals surface area contributed by atoms with Gasteiger partial charge >= 0.3 is 0 Å². The highest BCUT2D eigenvalue weighted by Gasteiger charge is 2.24. The second-order valence-electron chi connectivity index (χ2n) is 8.20. The molecule has 0 saturated heterocycles. The molecule has 122 valence electrons. The zero-order valence-corrected chi connectivity index (χ0v) is 17.8. The Kier molecular flexibility index (Phi) is 5.39. The van der Waals surface area contributed by atoms with Crippen LogP contribution in [0.25, 0.3) is 5.57 Å². The lowest BCUT2D eigenvalue weighted by atomic mass is 9.99. The van der Waals surface area contributed by atoms with E-state index in [1.165, 1.54) is 16.3 Å². The Morgan fingerprint density at radius 1 is 0.783 bits per heavy atom. The summed E-state index contributed by atoms with van der Waals surface area (Å²) in [7, 11) is -2.83. The highest BCUT2D eigenvalue weighted by molar-refractivity contribution is 6.89. The monoisotopic (exact) mass is 358 g/mol. The Morgan fingerprint density at radius 2 is 1.30 bits per heavy atom. The van der Waals surface area contributed by atoms with E-state index in [-0.39, 0.29) is 0 Å². The van der Waals surface area contributed by atoms with Crippen LogP contribution >= 0.6 is 11.6 Å². The summed E-state index contributed by atoms with van der Waals surface area (Å²) in [5, 5.41) is 2.34. The van der Waals surface area contributed by atoms with Crippen molar-refractivity contribution in [3.63, 3.8) is 0 Å². The first kappa shape index (κ1) is 18.2. The Balaban J connectivity index is 2.76. The van der Waals surface area contributed by atoms with Gasteiger partial charge in [-0.25, -0.2) is 0 Å². The van der Waals surface area contributed by atoms with E-state index in [4.69, 9.17) is 11.6 Å². The highest BCUT2D eigenvalue weighted by Crippen LogP contribution is 2.31. The minimum absolute atomic E-state index is 0.836. The molecule has 0 saturated carbocycles. The van der Waals surface area contributed by atoms with Crippen molar-refractivity contribution in [3.8, 4) is 0 Å². The number of halogens is 1. The average molecular weight is 359 g/mol. The van der Waals surface area contributed by atoms with Gasteiger partial charge in [0.05, 0.1) is 16.1 Å². The van der Waals surface area contributed by atoms with E-state index in [2.05, 4.69) is 81.4 Å². The van der Waals surface area contributed by atoms with Gasteiger partial charge in [-0.05, 0) is 17.2 Å². The topological polar surface area (TPSA) is 0 Å². The van der Waals surface area contributed by atoms with Crippen LogP contribution in [0.15, 0.2) is 54.2 Å². The van der Waals surface area contributed by atoms with Crippen LogP contribution in [0.1, 0.15) is 11.1 Å². The van der Waals surface area contributed by atoms with Gasteiger partial charge in [-0.3, -0.25) is 0 Å². The second-order valence-corrected chi connectivity index (χ2v) is 18.7. The van der Waals surface area contributed by atoms with E-state index in [9.17, 15) is 0 Å². The summed E-state index contributed by atoms with van der Waals surface area (Å²) in [6.45, 7) is 14.3. The van der Waals surface area contributed by atoms with Crippen molar-refractivity contribution in [2.75, 3.05) is 0 Å². The number of hydrogen-bond acceptors (Lipinski definition) is 0. The molecule has 0 bridgehead atoms. The van der Waals surface area contributed by atoms with Crippen molar-refractivity contribution in [1.29, 1.82) is 0 Å². The first-order chi connectivity index (χ1) is 10.6. The van der Waals surface area contributed by atoms with Crippen molar-refractivity contribution in [1.82, 2.24) is 0 Å². The maximum atomic E-state index is 6.55. The molecule has 0 aliphatic rings. The highest BCUT2D eigenvalue weighted by atomic mass is 35.5. The molecular weight excluding hydrogens is 332 g/mol. The third-order valence-corrected chi connectivity index (χ3v) is 7.30. The summed E-state index contributed by atoms with van der Waals surface area (Å²) in [4.78, 5) is 0. The fourth-order valence-electron chi connectivity index (χ4n) is 2.79. The lowest BCUT2D eigenvalue weighted by molar-refractivity contribution is 1.55. The summed E-state index contributed by atoms with van der Waals surface area (Å²) < 4.78 is 0. The number of benzene rings is 2. The minimum Gasteiger partial charge on any atom is -0.0867 e. The smallest absolute Gasteiger partial charge is 0.0784 e. The molecular formula is C20H27ClSi2. The zero-order valence-electron chi connectivity index (χ0n) is 15.1. The Labute approximate surface area is 148 Å². The molecule has 0 atom stereocenters. The molecule has 0 nitrogen and oxygen atoms in total. The molecule has 0 aliphatic heterocycles. The van der Waals surface area contributed by atoms with Crippen molar-refractivity contribution < 1.29 is 0 Å². The van der Waals surface area contributed by atoms with E-state index in [0.717, 1.165) is 10.6 Å². The first-order valence-corrected chi connectivity index (χ1v) is 15.6. The van der Waals surface area contributed by atoms with Gasteiger partial charge in [0.15, 0.2) is 0 Å². The van der Waals surface area contributed by atoms with Gasteiger partial charge in [-0.15, -0.1) is 0 Å². The number of hydrogen-bond donors (Lipinski definition) is 0. The number of rotatable bonds is 4. The third kappa shape index (κ3) is 4.69. The van der Waals surface area contributed by atoms with Crippen LogP contribution in [-0.4, -0.2) is 16.1 Å². The van der Waals surface area contributed by atoms with Gasteiger partial charge in [0.1, 0.15) is 0 Å². The molecule has 3 heteroatoms. The fraction of sp³-hybridized carbons (Fsp3) is 0.300. The van der Waals surface area contributed by atoms with Gasteiger partial charge in [0.2, 0.25) is 0 Å². The van der Waals surface area contributed by atoms with Crippen molar-refractivity contribution in [2.24, 2.45) is 0 Å². The van der Waals surface area contributed by atoms with Gasteiger partial charge in [0.25, 0.3) is 0 Å². The lowest BCUT2D eigenvalue weighted by Gasteiger charge is -2.25. The molecule has 0 radical (unpaired) electrons. The Hall–Kier alpha value is -1.10. The average Bonchev–Trinajstić information content (AvgIpc) is 2.44. The van der Waals surface area contributed by atoms with Gasteiger partial charge in [-0.1, -0.05) is 104 Å². The maximum absolute atomic E-state index is 6.55. The molecule has 0 aliphatic carbocycles. The fourth-order valence-corrected chi connectivity index (χ4v) is 5.82. The molecule has 0 fully saturated rings. The largest absolute Gasteiger partial charge is 0.0867 e. The standard InChI is InChI=1S/C20H27ClSi2/c1-22(2,3)15-18(16-11-7-9-13-19(16)21)17-12-8-10-14-20(17)23(4,5)6/h7-15H,1-6H3/b18-15+. The molecule has 0 amide bonds. The van der Waals surface area contributed by atoms with Crippen molar-refractivity contribution in [2.45, 2.75) is 39.3 Å². The molecule has 0 heterocycles. The Bertz CT molecular complexity index is 719. The van der Waals surface area contributed by atoms with Crippen molar-refractivity contribution in [3.05, 3.63) is 70.4 Å². The maximum Gasteiger partial charge on any atom is 0.0784 e. The molecule has 2 aromatic rings. The van der Waals surface area contributed by atoms with E-state index < -0.39 is 16.1 Å².